The molecule has 0 N–H and O–H groups in total. The molecule has 35 heavy (non-hydrogen) atoms. The molecule has 0 aliphatic carbocycles. The second-order valence-electron chi connectivity index (χ2n) is 8.85. The lowest BCUT2D eigenvalue weighted by molar-refractivity contribution is 0.00324. The molecular weight excluding hydrogens is 442 g/mol. The summed E-state index contributed by atoms with van der Waals surface area (Å²) in [5.74, 6) is 0.687. The van der Waals surface area contributed by atoms with E-state index in [2.05, 4.69) is 4.99 Å². The first-order valence-electron chi connectivity index (χ1n) is 11.6. The summed E-state index contributed by atoms with van der Waals surface area (Å²) in [4.78, 5) is 29.4. The quantitative estimate of drug-likeness (QED) is 0.201. The summed E-state index contributed by atoms with van der Waals surface area (Å²) < 4.78 is 16.2. The first-order chi connectivity index (χ1) is 16.8. The number of esters is 2. The van der Waals surface area contributed by atoms with Gasteiger partial charge in [0.2, 0.25) is 0 Å². The second kappa shape index (κ2) is 12.0. The third-order valence-corrected chi connectivity index (χ3v) is 5.44. The van der Waals surface area contributed by atoms with Crippen molar-refractivity contribution in [1.29, 1.82) is 0 Å². The summed E-state index contributed by atoms with van der Waals surface area (Å²) in [6.07, 6.45) is 1.58. The summed E-state index contributed by atoms with van der Waals surface area (Å²) in [5, 5.41) is 0. The molecule has 6 heteroatoms. The maximum atomic E-state index is 12.5. The Hall–Kier alpha value is -3.93. The van der Waals surface area contributed by atoms with Gasteiger partial charge in [0, 0.05) is 6.21 Å². The molecule has 3 aromatic rings. The van der Waals surface area contributed by atoms with E-state index < -0.39 is 5.97 Å². The minimum absolute atomic E-state index is 0.163. The third kappa shape index (κ3) is 7.27. The zero-order chi connectivity index (χ0) is 25.4. The van der Waals surface area contributed by atoms with Crippen LogP contribution < -0.4 is 9.47 Å². The van der Waals surface area contributed by atoms with E-state index in [1.54, 1.807) is 61.9 Å². The number of rotatable bonds is 9. The molecule has 3 rings (SSSR count). The molecule has 0 unspecified atom stereocenters. The van der Waals surface area contributed by atoms with E-state index in [1.807, 2.05) is 52.0 Å². The monoisotopic (exact) mass is 473 g/mol. The molecule has 0 spiro atoms. The zero-order valence-corrected chi connectivity index (χ0v) is 20.7. The predicted molar refractivity (Wildman–Crippen MR) is 137 cm³/mol. The minimum atomic E-state index is -0.495. The van der Waals surface area contributed by atoms with Gasteiger partial charge in [-0.2, -0.15) is 0 Å². The highest BCUT2D eigenvalue weighted by molar-refractivity contribution is 5.92. The minimum Gasteiger partial charge on any atom is -0.497 e. The normalized spacial score (nSPS) is 11.3. The van der Waals surface area contributed by atoms with Crippen molar-refractivity contribution in [2.45, 2.75) is 33.8 Å². The molecule has 0 aliphatic rings. The molecule has 0 atom stereocenters. The lowest BCUT2D eigenvalue weighted by atomic mass is 9.96. The number of nitrogens with zero attached hydrogens (tertiary/aromatic N) is 1. The number of benzene rings is 3. The van der Waals surface area contributed by atoms with Gasteiger partial charge in [0.1, 0.15) is 17.6 Å². The molecule has 0 aromatic heterocycles. The summed E-state index contributed by atoms with van der Waals surface area (Å²) in [6, 6.07) is 20.7. The fraction of sp³-hybridized carbons (Fsp3) is 0.276. The van der Waals surface area contributed by atoms with Gasteiger partial charge in [-0.25, -0.2) is 9.59 Å². The van der Waals surface area contributed by atoms with Crippen molar-refractivity contribution >= 4 is 23.8 Å². The van der Waals surface area contributed by atoms with E-state index in [-0.39, 0.29) is 23.9 Å². The van der Waals surface area contributed by atoms with Gasteiger partial charge in [-0.3, -0.25) is 4.99 Å². The van der Waals surface area contributed by atoms with Crippen molar-refractivity contribution in [2.24, 2.45) is 16.8 Å². The fourth-order valence-electron chi connectivity index (χ4n) is 3.58. The molecular formula is C29H31NO5. The SMILES string of the molecule is COc1ccc(C=Nc2ccc(C(=O)Oc3ccc(C(=O)OC(C(C)C)C(C)C)cc3)cc2)cc1. The van der Waals surface area contributed by atoms with Crippen molar-refractivity contribution in [1.82, 2.24) is 0 Å². The van der Waals surface area contributed by atoms with E-state index in [9.17, 15) is 9.59 Å². The average molecular weight is 474 g/mol. The van der Waals surface area contributed by atoms with Crippen LogP contribution in [0.25, 0.3) is 0 Å². The Morgan fingerprint density at radius 2 is 1.23 bits per heavy atom. The number of methoxy groups -OCH3 is 1. The van der Waals surface area contributed by atoms with Crippen LogP contribution >= 0.6 is 0 Å². The Kier molecular flexibility index (Phi) is 8.79. The summed E-state index contributed by atoms with van der Waals surface area (Å²) in [7, 11) is 1.62. The number of hydrogen-bond acceptors (Lipinski definition) is 6. The average Bonchev–Trinajstić information content (AvgIpc) is 2.86. The molecule has 0 aliphatic heterocycles. The molecule has 0 bridgehead atoms. The van der Waals surface area contributed by atoms with E-state index >= 15 is 0 Å². The van der Waals surface area contributed by atoms with Gasteiger partial charge in [-0.1, -0.05) is 27.7 Å². The van der Waals surface area contributed by atoms with Gasteiger partial charge < -0.3 is 14.2 Å². The maximum Gasteiger partial charge on any atom is 0.343 e. The van der Waals surface area contributed by atoms with Crippen molar-refractivity contribution in [3.63, 3.8) is 0 Å². The topological polar surface area (TPSA) is 74.2 Å². The maximum absolute atomic E-state index is 12.5. The highest BCUT2D eigenvalue weighted by Crippen LogP contribution is 2.21. The van der Waals surface area contributed by atoms with Crippen molar-refractivity contribution in [3.8, 4) is 11.5 Å². The van der Waals surface area contributed by atoms with Crippen LogP contribution in [0.1, 0.15) is 54.0 Å². The summed E-state index contributed by atoms with van der Waals surface area (Å²) in [5.41, 5.74) is 2.45. The van der Waals surface area contributed by atoms with Crippen LogP contribution in [0, 0.1) is 11.8 Å². The first kappa shape index (κ1) is 25.7. The van der Waals surface area contributed by atoms with E-state index in [4.69, 9.17) is 14.2 Å². The highest BCUT2D eigenvalue weighted by Gasteiger charge is 2.22. The van der Waals surface area contributed by atoms with Crippen LogP contribution in [-0.4, -0.2) is 31.4 Å². The van der Waals surface area contributed by atoms with Crippen LogP contribution in [0.2, 0.25) is 0 Å². The molecule has 0 radical (unpaired) electrons. The van der Waals surface area contributed by atoms with Crippen LogP contribution in [0.3, 0.4) is 0 Å². The Labute approximate surface area is 206 Å². The van der Waals surface area contributed by atoms with Crippen molar-refractivity contribution in [2.75, 3.05) is 7.11 Å². The third-order valence-electron chi connectivity index (χ3n) is 5.44. The number of ether oxygens (including phenoxy) is 3. The lowest BCUT2D eigenvalue weighted by Gasteiger charge is -2.24. The standard InChI is InChI=1S/C29H31NO5/c1-19(2)27(20(3)4)35-29(32)23-10-16-26(17-11-23)34-28(31)22-8-12-24(13-9-22)30-18-21-6-14-25(33-5)15-7-21/h6-20,27H,1-5H3. The van der Waals surface area contributed by atoms with Gasteiger partial charge in [-0.15, -0.1) is 0 Å². The lowest BCUT2D eigenvalue weighted by Crippen LogP contribution is -2.28. The predicted octanol–water partition coefficient (Wildman–Crippen LogP) is 6.50. The van der Waals surface area contributed by atoms with Gasteiger partial charge in [-0.05, 0) is 90.2 Å². The Bertz CT molecular complexity index is 1140. The highest BCUT2D eigenvalue weighted by atomic mass is 16.5. The smallest absolute Gasteiger partial charge is 0.343 e. The molecule has 0 fully saturated rings. The number of carbonyl (C=O) groups excluding carboxylic acids is 2. The molecule has 6 nitrogen and oxygen atoms in total. The first-order valence-corrected chi connectivity index (χ1v) is 11.6. The van der Waals surface area contributed by atoms with E-state index in [0.717, 1.165) is 11.3 Å². The fourth-order valence-corrected chi connectivity index (χ4v) is 3.58. The van der Waals surface area contributed by atoms with Crippen LogP contribution in [0.15, 0.2) is 77.8 Å². The molecule has 0 heterocycles. The number of carbonyl (C=O) groups is 2. The number of aliphatic imine (C=N–C) groups is 1. The number of hydrogen-bond donors (Lipinski definition) is 0. The summed E-state index contributed by atoms with van der Waals surface area (Å²) >= 11 is 0. The second-order valence-corrected chi connectivity index (χ2v) is 8.85. The van der Waals surface area contributed by atoms with Gasteiger partial charge >= 0.3 is 11.9 Å². The van der Waals surface area contributed by atoms with E-state index in [0.29, 0.717) is 22.6 Å². The van der Waals surface area contributed by atoms with Gasteiger partial charge in [0.25, 0.3) is 0 Å². The van der Waals surface area contributed by atoms with Crippen LogP contribution in [0.5, 0.6) is 11.5 Å². The molecule has 3 aromatic carbocycles. The van der Waals surface area contributed by atoms with Crippen molar-refractivity contribution < 1.29 is 23.8 Å². The Morgan fingerprint density at radius 1 is 0.714 bits per heavy atom. The molecule has 0 amide bonds. The van der Waals surface area contributed by atoms with Gasteiger partial charge in [0.05, 0.1) is 23.9 Å². The zero-order valence-electron chi connectivity index (χ0n) is 20.7. The van der Waals surface area contributed by atoms with Crippen LogP contribution in [0.4, 0.5) is 5.69 Å². The summed E-state index contributed by atoms with van der Waals surface area (Å²) in [6.45, 7) is 8.11. The molecule has 0 saturated heterocycles. The van der Waals surface area contributed by atoms with Crippen molar-refractivity contribution in [3.05, 3.63) is 89.5 Å². The van der Waals surface area contributed by atoms with E-state index in [1.165, 1.54) is 0 Å². The Morgan fingerprint density at radius 3 is 1.77 bits per heavy atom. The Balaban J connectivity index is 1.58. The molecule has 0 saturated carbocycles. The van der Waals surface area contributed by atoms with Gasteiger partial charge in [0.15, 0.2) is 0 Å². The molecule has 182 valence electrons. The van der Waals surface area contributed by atoms with Crippen LogP contribution in [-0.2, 0) is 4.74 Å². The largest absolute Gasteiger partial charge is 0.497 e.